The van der Waals surface area contributed by atoms with Crippen LogP contribution in [0.1, 0.15) is 63.0 Å². The molecule has 2 saturated carbocycles. The number of ether oxygens (including phenoxy) is 1. The summed E-state index contributed by atoms with van der Waals surface area (Å²) in [4.78, 5) is 13.0. The molecule has 7 nitrogen and oxygen atoms in total. The third-order valence-corrected chi connectivity index (χ3v) is 12.4. The second-order valence-electron chi connectivity index (χ2n) is 16.1. The van der Waals surface area contributed by atoms with E-state index in [2.05, 4.69) is 20.2 Å². The van der Waals surface area contributed by atoms with E-state index in [1.165, 1.54) is 18.2 Å². The van der Waals surface area contributed by atoms with Gasteiger partial charge in [-0.3, -0.25) is 0 Å². The molecule has 3 aliphatic heterocycles. The highest BCUT2D eigenvalue weighted by Gasteiger charge is 2.71. The van der Waals surface area contributed by atoms with Crippen LogP contribution in [-0.2, 0) is 12.6 Å². The summed E-state index contributed by atoms with van der Waals surface area (Å²) in [5.41, 5.74) is -4.02. The highest BCUT2D eigenvalue weighted by Crippen LogP contribution is 2.65. The van der Waals surface area contributed by atoms with Crippen molar-refractivity contribution < 1.29 is 40.6 Å². The van der Waals surface area contributed by atoms with Crippen LogP contribution in [0.25, 0.3) is 32.8 Å². The molecule has 2 aliphatic carbocycles. The topological polar surface area (TPSA) is 73.8 Å². The van der Waals surface area contributed by atoms with Crippen molar-refractivity contribution in [2.45, 2.75) is 82.5 Å². The van der Waals surface area contributed by atoms with Crippen molar-refractivity contribution in [3.05, 3.63) is 53.1 Å². The fourth-order valence-electron chi connectivity index (χ4n) is 9.40. The number of aromatic hydroxyl groups is 1. The third kappa shape index (κ3) is 5.94. The van der Waals surface area contributed by atoms with Crippen molar-refractivity contribution in [3.63, 3.8) is 0 Å². The van der Waals surface area contributed by atoms with Crippen molar-refractivity contribution in [1.29, 1.82) is 0 Å². The van der Waals surface area contributed by atoms with Crippen LogP contribution in [0.15, 0.2) is 30.3 Å². The summed E-state index contributed by atoms with van der Waals surface area (Å²) in [7, 11) is 0. The lowest BCUT2D eigenvalue weighted by molar-refractivity contribution is -0.137. The Balaban J connectivity index is 1.15. The number of aromatic nitrogens is 2. The average molecular weight is 744 g/mol. The van der Waals surface area contributed by atoms with E-state index in [4.69, 9.17) is 4.74 Å². The van der Waals surface area contributed by atoms with E-state index in [0.717, 1.165) is 37.8 Å². The first-order valence-corrected chi connectivity index (χ1v) is 18.5. The maximum atomic E-state index is 17.3. The predicted molar refractivity (Wildman–Crippen MR) is 185 cm³/mol. The number of benzene rings is 3. The van der Waals surface area contributed by atoms with Crippen LogP contribution in [0.3, 0.4) is 0 Å². The number of fused-ring (bicyclic) bond motifs is 4. The predicted octanol–water partition coefficient (Wildman–Crippen LogP) is 8.24. The van der Waals surface area contributed by atoms with Crippen molar-refractivity contribution >= 4 is 27.5 Å². The van der Waals surface area contributed by atoms with Crippen LogP contribution in [0.2, 0.25) is 0 Å². The Kier molecular flexibility index (Phi) is 7.92. The van der Waals surface area contributed by atoms with Gasteiger partial charge in [0.2, 0.25) is 0 Å². The van der Waals surface area contributed by atoms with Gasteiger partial charge < -0.3 is 25.0 Å². The standard InChI is InChI=1S/C39H40F7N5O2/c1-2-25-29(40)7-4-21-12-24(52)13-26(30(21)25)31-28(39(44,45)46)14-27-33(32(31)41)48-35(49-34(27)51-15-22-5-6-23(16-51)47-22)53-20-36(9-10-36)18-50-11-3-8-37(19-50)17-38(37,42)43/h4,7,12-14,22-23,47,52H,2-3,5-6,8-11,15-20H2,1H3. The van der Waals surface area contributed by atoms with E-state index >= 15 is 22.0 Å². The first-order valence-electron chi connectivity index (χ1n) is 18.5. The average Bonchev–Trinajstić information content (AvgIpc) is 3.94. The number of nitrogens with one attached hydrogen (secondary N) is 1. The van der Waals surface area contributed by atoms with Gasteiger partial charge in [0.1, 0.15) is 22.9 Å². The summed E-state index contributed by atoms with van der Waals surface area (Å²) in [5.74, 6) is -4.86. The fourth-order valence-corrected chi connectivity index (χ4v) is 9.40. The molecular weight excluding hydrogens is 703 g/mol. The minimum atomic E-state index is -5.05. The number of halogens is 7. The molecule has 2 bridgehead atoms. The van der Waals surface area contributed by atoms with Gasteiger partial charge in [0.25, 0.3) is 5.92 Å². The molecule has 4 heterocycles. The monoisotopic (exact) mass is 743 g/mol. The quantitative estimate of drug-likeness (QED) is 0.176. The second-order valence-corrected chi connectivity index (χ2v) is 16.1. The van der Waals surface area contributed by atoms with Crippen molar-refractivity contribution in [2.24, 2.45) is 10.8 Å². The Labute approximate surface area is 301 Å². The molecule has 0 amide bonds. The molecule has 53 heavy (non-hydrogen) atoms. The van der Waals surface area contributed by atoms with Gasteiger partial charge in [-0.25, -0.2) is 17.6 Å². The number of aryl methyl sites for hydroxylation is 1. The number of hydrogen-bond donors (Lipinski definition) is 2. The summed E-state index contributed by atoms with van der Waals surface area (Å²) in [6.07, 6.45) is -0.469. The van der Waals surface area contributed by atoms with Crippen molar-refractivity contribution in [3.8, 4) is 22.9 Å². The number of piperidine rings is 1. The van der Waals surface area contributed by atoms with E-state index in [1.807, 2.05) is 4.90 Å². The summed E-state index contributed by atoms with van der Waals surface area (Å²) in [6.45, 7) is 4.26. The second kappa shape index (κ2) is 12.0. The Morgan fingerprint density at radius 1 is 1.02 bits per heavy atom. The molecule has 3 aromatic carbocycles. The third-order valence-electron chi connectivity index (χ3n) is 12.4. The molecule has 3 atom stereocenters. The van der Waals surface area contributed by atoms with Crippen LogP contribution in [-0.4, -0.2) is 77.3 Å². The Hall–Kier alpha value is -3.91. The number of anilines is 1. The smallest absolute Gasteiger partial charge is 0.417 e. The number of nitrogens with zero attached hydrogens (tertiary/aromatic N) is 4. The van der Waals surface area contributed by atoms with Gasteiger partial charge in [-0.2, -0.15) is 23.1 Å². The van der Waals surface area contributed by atoms with Crippen molar-refractivity contribution in [1.82, 2.24) is 20.2 Å². The van der Waals surface area contributed by atoms with Gasteiger partial charge in [0, 0.05) is 61.0 Å². The maximum Gasteiger partial charge on any atom is 0.417 e. The lowest BCUT2D eigenvalue weighted by Gasteiger charge is -2.35. The Morgan fingerprint density at radius 3 is 2.42 bits per heavy atom. The molecule has 1 spiro atoms. The lowest BCUT2D eigenvalue weighted by atomic mass is 9.89. The summed E-state index contributed by atoms with van der Waals surface area (Å²) < 4.78 is 112. The van der Waals surface area contributed by atoms with Gasteiger partial charge >= 0.3 is 12.2 Å². The number of hydrogen-bond acceptors (Lipinski definition) is 7. The molecule has 3 unspecified atom stereocenters. The summed E-state index contributed by atoms with van der Waals surface area (Å²) in [6, 6.07) is 5.69. The molecule has 5 aliphatic rings. The van der Waals surface area contributed by atoms with Crippen LogP contribution >= 0.6 is 0 Å². The van der Waals surface area contributed by atoms with E-state index in [0.29, 0.717) is 45.6 Å². The van der Waals surface area contributed by atoms with E-state index in [1.54, 1.807) is 6.92 Å². The number of piperazine rings is 1. The number of alkyl halides is 5. The van der Waals surface area contributed by atoms with Crippen LogP contribution in [0.5, 0.6) is 11.8 Å². The fraction of sp³-hybridized carbons (Fsp3) is 0.538. The van der Waals surface area contributed by atoms with E-state index in [9.17, 15) is 13.9 Å². The maximum absolute atomic E-state index is 17.3. The molecule has 3 saturated heterocycles. The van der Waals surface area contributed by atoms with E-state index in [-0.39, 0.29) is 81.6 Å². The normalized spacial score (nSPS) is 26.2. The molecule has 14 heteroatoms. The highest BCUT2D eigenvalue weighted by atomic mass is 19.4. The number of rotatable bonds is 8. The molecule has 1 aromatic heterocycles. The first kappa shape index (κ1) is 34.8. The molecular formula is C39H40F7N5O2. The summed E-state index contributed by atoms with van der Waals surface area (Å²) >= 11 is 0. The number of phenolic OH excluding ortho intramolecular Hbond substituents is 1. The zero-order valence-corrected chi connectivity index (χ0v) is 29.2. The lowest BCUT2D eigenvalue weighted by Crippen LogP contribution is -2.51. The van der Waals surface area contributed by atoms with Gasteiger partial charge in [-0.15, -0.1) is 0 Å². The number of likely N-dealkylation sites (tertiary alicyclic amines) is 1. The van der Waals surface area contributed by atoms with Crippen molar-refractivity contribution in [2.75, 3.05) is 44.2 Å². The molecule has 4 aromatic rings. The van der Waals surface area contributed by atoms with Crippen LogP contribution < -0.4 is 15.0 Å². The Morgan fingerprint density at radius 2 is 1.75 bits per heavy atom. The zero-order valence-electron chi connectivity index (χ0n) is 29.2. The minimum absolute atomic E-state index is 0.0672. The minimum Gasteiger partial charge on any atom is -0.508 e. The highest BCUT2D eigenvalue weighted by molar-refractivity contribution is 6.04. The SMILES string of the molecule is CCc1c(F)ccc2cc(O)cc(-c3c(C(F)(F)F)cc4c(N5CC6CCC(C5)N6)nc(OCC5(CN6CCCC7(C6)CC7(F)F)CC5)nc4c3F)c12. The first-order chi connectivity index (χ1) is 25.2. The van der Waals surface area contributed by atoms with Crippen LogP contribution in [0, 0.1) is 22.5 Å². The van der Waals surface area contributed by atoms with Gasteiger partial charge in [-0.05, 0) is 97.7 Å². The molecule has 5 fully saturated rings. The summed E-state index contributed by atoms with van der Waals surface area (Å²) in [5, 5.41) is 14.3. The zero-order chi connectivity index (χ0) is 37.1. The van der Waals surface area contributed by atoms with Gasteiger partial charge in [0.15, 0.2) is 5.82 Å². The van der Waals surface area contributed by atoms with Gasteiger partial charge in [0.05, 0.1) is 17.6 Å². The molecule has 2 N–H and O–H groups in total. The molecule has 9 rings (SSSR count). The number of phenols is 1. The van der Waals surface area contributed by atoms with Crippen LogP contribution in [0.4, 0.5) is 36.6 Å². The molecule has 0 radical (unpaired) electrons. The Bertz CT molecular complexity index is 2130. The largest absolute Gasteiger partial charge is 0.508 e. The van der Waals surface area contributed by atoms with Gasteiger partial charge in [-0.1, -0.05) is 13.0 Å². The van der Waals surface area contributed by atoms with E-state index < -0.39 is 46.0 Å². The molecule has 282 valence electrons.